The van der Waals surface area contributed by atoms with Crippen molar-refractivity contribution in [2.75, 3.05) is 7.11 Å². The molecule has 0 aliphatic heterocycles. The van der Waals surface area contributed by atoms with Gasteiger partial charge in [-0.3, -0.25) is 14.9 Å². The van der Waals surface area contributed by atoms with Crippen LogP contribution in [0.1, 0.15) is 24.2 Å². The molecule has 1 atom stereocenters. The van der Waals surface area contributed by atoms with Crippen molar-refractivity contribution in [2.24, 2.45) is 5.92 Å². The summed E-state index contributed by atoms with van der Waals surface area (Å²) in [6.45, 7) is 3.30. The molecule has 0 heterocycles. The van der Waals surface area contributed by atoms with Crippen molar-refractivity contribution in [1.82, 2.24) is 5.32 Å². The molecule has 0 spiro atoms. The largest absolute Gasteiger partial charge is 0.490 e. The van der Waals surface area contributed by atoms with E-state index in [9.17, 15) is 19.7 Å². The fraction of sp³-hybridized carbons (Fsp3) is 0.385. The monoisotopic (exact) mass is 296 g/mol. The van der Waals surface area contributed by atoms with Crippen LogP contribution in [0.3, 0.4) is 0 Å². The molecular formula is C13H16N2O6. The van der Waals surface area contributed by atoms with Crippen LogP contribution in [-0.2, 0) is 4.79 Å². The van der Waals surface area contributed by atoms with E-state index in [0.29, 0.717) is 0 Å². The number of carboxylic acid groups (broad SMARTS) is 1. The minimum atomic E-state index is -1.17. The predicted molar refractivity (Wildman–Crippen MR) is 73.4 cm³/mol. The molecule has 0 aliphatic carbocycles. The number of carbonyl (C=O) groups is 2. The van der Waals surface area contributed by atoms with E-state index in [0.717, 1.165) is 6.07 Å². The molecule has 0 aromatic heterocycles. The summed E-state index contributed by atoms with van der Waals surface area (Å²) in [6, 6.07) is 2.60. The van der Waals surface area contributed by atoms with Crippen LogP contribution in [0, 0.1) is 16.0 Å². The number of carbonyl (C=O) groups excluding carboxylic acids is 1. The lowest BCUT2D eigenvalue weighted by Crippen LogP contribution is -2.44. The van der Waals surface area contributed by atoms with Gasteiger partial charge >= 0.3 is 11.7 Å². The van der Waals surface area contributed by atoms with E-state index in [2.05, 4.69) is 5.32 Å². The van der Waals surface area contributed by atoms with Crippen molar-refractivity contribution in [3.8, 4) is 5.75 Å². The van der Waals surface area contributed by atoms with Gasteiger partial charge < -0.3 is 15.2 Å². The van der Waals surface area contributed by atoms with Gasteiger partial charge in [0.25, 0.3) is 5.91 Å². The van der Waals surface area contributed by atoms with Crippen LogP contribution in [0.5, 0.6) is 5.75 Å². The molecule has 0 aliphatic rings. The van der Waals surface area contributed by atoms with E-state index in [-0.39, 0.29) is 22.9 Å². The molecule has 1 amide bonds. The summed E-state index contributed by atoms with van der Waals surface area (Å²) in [6.07, 6.45) is 0. The molecule has 0 radical (unpaired) electrons. The highest BCUT2D eigenvalue weighted by Crippen LogP contribution is 2.27. The zero-order valence-corrected chi connectivity index (χ0v) is 11.8. The maximum Gasteiger partial charge on any atom is 0.326 e. The molecule has 8 heteroatoms. The molecule has 0 saturated heterocycles. The maximum absolute atomic E-state index is 12.0. The zero-order valence-electron chi connectivity index (χ0n) is 11.8. The Morgan fingerprint density at radius 1 is 1.38 bits per heavy atom. The fourth-order valence-corrected chi connectivity index (χ4v) is 1.71. The van der Waals surface area contributed by atoms with Gasteiger partial charge in [-0.2, -0.15) is 0 Å². The Morgan fingerprint density at radius 3 is 2.43 bits per heavy atom. The molecular weight excluding hydrogens is 280 g/mol. The highest BCUT2D eigenvalue weighted by atomic mass is 16.6. The van der Waals surface area contributed by atoms with Crippen LogP contribution in [0.4, 0.5) is 5.69 Å². The number of methoxy groups -OCH3 is 1. The number of nitrogens with one attached hydrogen (secondary N) is 1. The first-order valence-electron chi connectivity index (χ1n) is 6.14. The smallest absolute Gasteiger partial charge is 0.326 e. The van der Waals surface area contributed by atoms with Crippen LogP contribution in [0.25, 0.3) is 0 Å². The summed E-state index contributed by atoms with van der Waals surface area (Å²) >= 11 is 0. The average Bonchev–Trinajstić information content (AvgIpc) is 2.42. The maximum atomic E-state index is 12.0. The molecule has 0 saturated carbocycles. The van der Waals surface area contributed by atoms with Crippen LogP contribution in [-0.4, -0.2) is 35.1 Å². The lowest BCUT2D eigenvalue weighted by Gasteiger charge is -2.17. The summed E-state index contributed by atoms with van der Waals surface area (Å²) in [5, 5.41) is 22.2. The molecule has 1 aromatic rings. The second-order valence-corrected chi connectivity index (χ2v) is 4.68. The van der Waals surface area contributed by atoms with Gasteiger partial charge in [0.2, 0.25) is 0 Å². The van der Waals surface area contributed by atoms with Crippen molar-refractivity contribution in [1.29, 1.82) is 0 Å². The highest BCUT2D eigenvalue weighted by molar-refractivity contribution is 5.97. The number of nitro benzene ring substituents is 1. The summed E-state index contributed by atoms with van der Waals surface area (Å²) in [4.78, 5) is 33.3. The van der Waals surface area contributed by atoms with Gasteiger partial charge in [0, 0.05) is 11.6 Å². The van der Waals surface area contributed by atoms with Crippen molar-refractivity contribution in [2.45, 2.75) is 19.9 Å². The Kier molecular flexibility index (Phi) is 5.23. The van der Waals surface area contributed by atoms with E-state index in [1.165, 1.54) is 19.2 Å². The number of hydrogen-bond acceptors (Lipinski definition) is 5. The van der Waals surface area contributed by atoms with Gasteiger partial charge in [-0.05, 0) is 18.1 Å². The molecule has 8 nitrogen and oxygen atoms in total. The first-order valence-corrected chi connectivity index (χ1v) is 6.14. The number of nitrogens with zero attached hydrogens (tertiary/aromatic N) is 1. The number of aliphatic carboxylic acids is 1. The molecule has 2 N–H and O–H groups in total. The van der Waals surface area contributed by atoms with E-state index >= 15 is 0 Å². The van der Waals surface area contributed by atoms with Gasteiger partial charge in [0.1, 0.15) is 6.04 Å². The Balaban J connectivity index is 3.05. The topological polar surface area (TPSA) is 119 Å². The van der Waals surface area contributed by atoms with Crippen LogP contribution >= 0.6 is 0 Å². The molecule has 21 heavy (non-hydrogen) atoms. The number of carboxylic acids is 1. The van der Waals surface area contributed by atoms with Crippen molar-refractivity contribution >= 4 is 17.6 Å². The lowest BCUT2D eigenvalue weighted by atomic mass is 10.0. The molecule has 1 aromatic carbocycles. The van der Waals surface area contributed by atoms with Gasteiger partial charge in [-0.25, -0.2) is 4.79 Å². The standard InChI is InChI=1S/C13H16N2O6/c1-7(2)11(13(17)18)14-12(16)8-4-5-10(21-3)9(6-8)15(19)20/h4-7,11H,1-3H3,(H,14,16)(H,17,18). The van der Waals surface area contributed by atoms with Crippen molar-refractivity contribution in [3.63, 3.8) is 0 Å². The minimum absolute atomic E-state index is 0.00519. The highest BCUT2D eigenvalue weighted by Gasteiger charge is 2.25. The fourth-order valence-electron chi connectivity index (χ4n) is 1.71. The second kappa shape index (κ2) is 6.69. The van der Waals surface area contributed by atoms with Gasteiger partial charge in [0.15, 0.2) is 5.75 Å². The van der Waals surface area contributed by atoms with Gasteiger partial charge in [0.05, 0.1) is 12.0 Å². The lowest BCUT2D eigenvalue weighted by molar-refractivity contribution is -0.385. The average molecular weight is 296 g/mol. The predicted octanol–water partition coefficient (Wildman–Crippen LogP) is 1.44. The summed E-state index contributed by atoms with van der Waals surface area (Å²) < 4.78 is 4.83. The molecule has 0 bridgehead atoms. The number of benzene rings is 1. The number of ether oxygens (including phenoxy) is 1. The summed E-state index contributed by atoms with van der Waals surface area (Å²) in [5.74, 6) is -2.15. The van der Waals surface area contributed by atoms with Crippen LogP contribution < -0.4 is 10.1 Å². The van der Waals surface area contributed by atoms with Crippen molar-refractivity contribution in [3.05, 3.63) is 33.9 Å². The van der Waals surface area contributed by atoms with E-state index < -0.39 is 22.8 Å². The molecule has 114 valence electrons. The third kappa shape index (κ3) is 3.91. The number of rotatable bonds is 6. The number of amides is 1. The Morgan fingerprint density at radius 2 is 2.00 bits per heavy atom. The molecule has 0 fully saturated rings. The van der Waals surface area contributed by atoms with Gasteiger partial charge in [-0.1, -0.05) is 13.8 Å². The molecule has 1 unspecified atom stereocenters. The Hall–Kier alpha value is -2.64. The second-order valence-electron chi connectivity index (χ2n) is 4.68. The van der Waals surface area contributed by atoms with Gasteiger partial charge in [-0.15, -0.1) is 0 Å². The van der Waals surface area contributed by atoms with Crippen LogP contribution in [0.2, 0.25) is 0 Å². The zero-order chi connectivity index (χ0) is 16.2. The first kappa shape index (κ1) is 16.4. The number of nitro groups is 1. The third-order valence-corrected chi connectivity index (χ3v) is 2.86. The molecule has 1 rings (SSSR count). The van der Waals surface area contributed by atoms with E-state index in [1.807, 2.05) is 0 Å². The number of hydrogen-bond donors (Lipinski definition) is 2. The van der Waals surface area contributed by atoms with Crippen LogP contribution in [0.15, 0.2) is 18.2 Å². The minimum Gasteiger partial charge on any atom is -0.490 e. The quantitative estimate of drug-likeness (QED) is 0.605. The normalized spacial score (nSPS) is 11.8. The Bertz CT molecular complexity index is 570. The van der Waals surface area contributed by atoms with E-state index in [4.69, 9.17) is 9.84 Å². The van der Waals surface area contributed by atoms with Crippen molar-refractivity contribution < 1.29 is 24.4 Å². The summed E-state index contributed by atoms with van der Waals surface area (Å²) in [5.41, 5.74) is -0.365. The first-order chi connectivity index (χ1) is 9.77. The SMILES string of the molecule is COc1ccc(C(=O)NC(C(=O)O)C(C)C)cc1[N+](=O)[O-]. The Labute approximate surface area is 120 Å². The summed E-state index contributed by atoms with van der Waals surface area (Å²) in [7, 11) is 1.28. The third-order valence-electron chi connectivity index (χ3n) is 2.86. The van der Waals surface area contributed by atoms with E-state index in [1.54, 1.807) is 13.8 Å².